The van der Waals surface area contributed by atoms with Crippen molar-refractivity contribution in [1.29, 1.82) is 0 Å². The van der Waals surface area contributed by atoms with Gasteiger partial charge in [0.2, 0.25) is 5.76 Å². The molecule has 1 aromatic carbocycles. The van der Waals surface area contributed by atoms with Crippen molar-refractivity contribution in [3.8, 4) is 5.75 Å². The van der Waals surface area contributed by atoms with Crippen molar-refractivity contribution in [2.75, 3.05) is 6.26 Å². The molecule has 4 nitrogen and oxygen atoms in total. The highest BCUT2D eigenvalue weighted by atomic mass is 32.2. The summed E-state index contributed by atoms with van der Waals surface area (Å²) in [5.74, 6) is -0.420. The molecule has 0 aliphatic carbocycles. The molecule has 0 saturated carbocycles. The van der Waals surface area contributed by atoms with E-state index in [0.717, 1.165) is 10.6 Å². The first-order chi connectivity index (χ1) is 8.72. The standard InChI is InChI=1S/C13H12O4S/c1-18-11-5-3-2-4-10(11)17-8-9-6-7-16-12(9)13(14)15/h2-7H,8H2,1H3,(H,14,15). The first-order valence-corrected chi connectivity index (χ1v) is 6.50. The molecule has 0 aliphatic heterocycles. The first kappa shape index (κ1) is 12.6. The van der Waals surface area contributed by atoms with E-state index in [2.05, 4.69) is 0 Å². The molecule has 0 bridgehead atoms. The van der Waals surface area contributed by atoms with Crippen LogP contribution < -0.4 is 4.74 Å². The van der Waals surface area contributed by atoms with Crippen molar-refractivity contribution in [3.05, 3.63) is 47.9 Å². The Labute approximate surface area is 109 Å². The SMILES string of the molecule is CSc1ccccc1OCc1ccoc1C(=O)O. The quantitative estimate of drug-likeness (QED) is 0.840. The zero-order valence-corrected chi connectivity index (χ0v) is 10.6. The largest absolute Gasteiger partial charge is 0.488 e. The zero-order valence-electron chi connectivity index (χ0n) is 9.75. The van der Waals surface area contributed by atoms with Gasteiger partial charge in [0.05, 0.1) is 6.26 Å². The summed E-state index contributed by atoms with van der Waals surface area (Å²) < 4.78 is 10.5. The van der Waals surface area contributed by atoms with Crippen LogP contribution in [0, 0.1) is 0 Å². The maximum absolute atomic E-state index is 10.9. The van der Waals surface area contributed by atoms with Crippen LogP contribution >= 0.6 is 11.8 Å². The second-order valence-electron chi connectivity index (χ2n) is 3.52. The molecule has 0 atom stereocenters. The van der Waals surface area contributed by atoms with Gasteiger partial charge in [-0.05, 0) is 24.5 Å². The predicted molar refractivity (Wildman–Crippen MR) is 68.2 cm³/mol. The zero-order chi connectivity index (χ0) is 13.0. The highest BCUT2D eigenvalue weighted by Crippen LogP contribution is 2.27. The fraction of sp³-hybridized carbons (Fsp3) is 0.154. The maximum Gasteiger partial charge on any atom is 0.372 e. The minimum atomic E-state index is -1.09. The van der Waals surface area contributed by atoms with Gasteiger partial charge in [0.1, 0.15) is 12.4 Å². The predicted octanol–water partition coefficient (Wildman–Crippen LogP) is 3.28. The monoisotopic (exact) mass is 264 g/mol. The Hall–Kier alpha value is -1.88. The molecule has 0 radical (unpaired) electrons. The van der Waals surface area contributed by atoms with E-state index in [1.807, 2.05) is 30.5 Å². The molecular formula is C13H12O4S. The first-order valence-electron chi connectivity index (χ1n) is 5.28. The highest BCUT2D eigenvalue weighted by molar-refractivity contribution is 7.98. The molecule has 0 saturated heterocycles. The van der Waals surface area contributed by atoms with Crippen molar-refractivity contribution in [2.24, 2.45) is 0 Å². The number of para-hydroxylation sites is 1. The van der Waals surface area contributed by atoms with E-state index in [0.29, 0.717) is 5.56 Å². The molecule has 0 unspecified atom stereocenters. The summed E-state index contributed by atoms with van der Waals surface area (Å²) >= 11 is 1.58. The number of rotatable bonds is 5. The van der Waals surface area contributed by atoms with E-state index in [1.165, 1.54) is 6.26 Å². The fourth-order valence-corrected chi connectivity index (χ4v) is 2.07. The molecule has 0 fully saturated rings. The Morgan fingerprint density at radius 2 is 2.17 bits per heavy atom. The van der Waals surface area contributed by atoms with Gasteiger partial charge in [-0.2, -0.15) is 0 Å². The van der Waals surface area contributed by atoms with E-state index >= 15 is 0 Å². The van der Waals surface area contributed by atoms with Crippen LogP contribution in [0.1, 0.15) is 16.1 Å². The van der Waals surface area contributed by atoms with Crippen molar-refractivity contribution in [2.45, 2.75) is 11.5 Å². The van der Waals surface area contributed by atoms with Crippen molar-refractivity contribution in [1.82, 2.24) is 0 Å². The second kappa shape index (κ2) is 5.64. The summed E-state index contributed by atoms with van der Waals surface area (Å²) in [7, 11) is 0. The molecule has 1 aromatic heterocycles. The molecule has 0 spiro atoms. The molecule has 2 aromatic rings. The number of hydrogen-bond donors (Lipinski definition) is 1. The summed E-state index contributed by atoms with van der Waals surface area (Å²) in [4.78, 5) is 11.9. The Kier molecular flexibility index (Phi) is 3.94. The van der Waals surface area contributed by atoms with Gasteiger partial charge in [0.25, 0.3) is 0 Å². The van der Waals surface area contributed by atoms with Gasteiger partial charge >= 0.3 is 5.97 Å². The molecule has 1 N–H and O–H groups in total. The van der Waals surface area contributed by atoms with E-state index in [9.17, 15) is 4.79 Å². The molecule has 5 heteroatoms. The van der Waals surface area contributed by atoms with Gasteiger partial charge in [-0.25, -0.2) is 4.79 Å². The van der Waals surface area contributed by atoms with Gasteiger partial charge in [-0.3, -0.25) is 0 Å². The lowest BCUT2D eigenvalue weighted by molar-refractivity contribution is 0.0658. The lowest BCUT2D eigenvalue weighted by Gasteiger charge is -2.08. The third-order valence-corrected chi connectivity index (χ3v) is 3.17. The number of carboxylic acid groups (broad SMARTS) is 1. The third kappa shape index (κ3) is 2.68. The molecule has 94 valence electrons. The van der Waals surface area contributed by atoms with Crippen LogP contribution in [0.25, 0.3) is 0 Å². The van der Waals surface area contributed by atoms with Crippen molar-refractivity contribution >= 4 is 17.7 Å². The summed E-state index contributed by atoms with van der Waals surface area (Å²) in [6.07, 6.45) is 3.31. The number of ether oxygens (including phenoxy) is 1. The number of furan rings is 1. The normalized spacial score (nSPS) is 10.3. The van der Waals surface area contributed by atoms with Crippen LogP contribution in [0.15, 0.2) is 45.9 Å². The van der Waals surface area contributed by atoms with Gasteiger partial charge in [-0.1, -0.05) is 12.1 Å². The Bertz CT molecular complexity index is 547. The molecule has 0 amide bonds. The van der Waals surface area contributed by atoms with Crippen LogP contribution in [0.3, 0.4) is 0 Å². The van der Waals surface area contributed by atoms with Crippen molar-refractivity contribution < 1.29 is 19.1 Å². The number of hydrogen-bond acceptors (Lipinski definition) is 4. The van der Waals surface area contributed by atoms with Crippen LogP contribution in [0.2, 0.25) is 0 Å². The average Bonchev–Trinajstić information content (AvgIpc) is 2.85. The Morgan fingerprint density at radius 3 is 2.89 bits per heavy atom. The summed E-state index contributed by atoms with van der Waals surface area (Å²) in [5, 5.41) is 8.90. The van der Waals surface area contributed by atoms with Crippen molar-refractivity contribution in [3.63, 3.8) is 0 Å². The maximum atomic E-state index is 10.9. The molecule has 0 aliphatic rings. The smallest absolute Gasteiger partial charge is 0.372 e. The van der Waals surface area contributed by atoms with E-state index < -0.39 is 5.97 Å². The fourth-order valence-electron chi connectivity index (χ4n) is 1.53. The summed E-state index contributed by atoms with van der Waals surface area (Å²) in [5.41, 5.74) is 0.526. The minimum absolute atomic E-state index is 0.0726. The lowest BCUT2D eigenvalue weighted by atomic mass is 10.2. The third-order valence-electron chi connectivity index (χ3n) is 2.39. The summed E-state index contributed by atoms with van der Waals surface area (Å²) in [6.45, 7) is 0.176. The Balaban J connectivity index is 2.11. The van der Waals surface area contributed by atoms with Crippen LogP contribution in [0.4, 0.5) is 0 Å². The number of aromatic carboxylic acids is 1. The van der Waals surface area contributed by atoms with Crippen LogP contribution in [0.5, 0.6) is 5.75 Å². The van der Waals surface area contributed by atoms with E-state index in [1.54, 1.807) is 17.8 Å². The Morgan fingerprint density at radius 1 is 1.39 bits per heavy atom. The molecule has 1 heterocycles. The lowest BCUT2D eigenvalue weighted by Crippen LogP contribution is -2.02. The van der Waals surface area contributed by atoms with Gasteiger partial charge < -0.3 is 14.3 Å². The summed E-state index contributed by atoms with van der Waals surface area (Å²) in [6, 6.07) is 9.22. The minimum Gasteiger partial charge on any atom is -0.488 e. The molecule has 2 rings (SSSR count). The molecular weight excluding hydrogens is 252 g/mol. The number of benzene rings is 1. The molecule has 18 heavy (non-hydrogen) atoms. The number of carbonyl (C=O) groups is 1. The van der Waals surface area contributed by atoms with E-state index in [-0.39, 0.29) is 12.4 Å². The number of carboxylic acids is 1. The second-order valence-corrected chi connectivity index (χ2v) is 4.37. The highest BCUT2D eigenvalue weighted by Gasteiger charge is 2.14. The number of thioether (sulfide) groups is 1. The van der Waals surface area contributed by atoms with Crippen LogP contribution in [-0.2, 0) is 6.61 Å². The topological polar surface area (TPSA) is 59.7 Å². The average molecular weight is 264 g/mol. The van der Waals surface area contributed by atoms with Gasteiger partial charge in [-0.15, -0.1) is 11.8 Å². The van der Waals surface area contributed by atoms with Crippen LogP contribution in [-0.4, -0.2) is 17.3 Å². The van der Waals surface area contributed by atoms with Gasteiger partial charge in [0.15, 0.2) is 0 Å². The van der Waals surface area contributed by atoms with Gasteiger partial charge in [0, 0.05) is 10.5 Å². The van der Waals surface area contributed by atoms with E-state index in [4.69, 9.17) is 14.3 Å².